The van der Waals surface area contributed by atoms with Crippen LogP contribution in [0.2, 0.25) is 0 Å². The first-order valence-electron chi connectivity index (χ1n) is 6.20. The molecule has 2 atom stereocenters. The molecule has 0 spiro atoms. The topological polar surface area (TPSA) is 61.8 Å². The number of carbonyl (C=O) groups excluding carboxylic acids is 1. The molecule has 0 bridgehead atoms. The molecular weight excluding hydrogens is 220 g/mol. The monoisotopic (exact) mass is 244 g/mol. The van der Waals surface area contributed by atoms with Crippen molar-refractivity contribution in [2.45, 2.75) is 45.4 Å². The van der Waals surface area contributed by atoms with E-state index in [0.717, 1.165) is 0 Å². The van der Waals surface area contributed by atoms with E-state index in [1.54, 1.807) is 0 Å². The molecule has 1 saturated heterocycles. The van der Waals surface area contributed by atoms with Gasteiger partial charge in [0, 0.05) is 19.6 Å². The Hall–Kier alpha value is -0.650. The molecule has 5 nitrogen and oxygen atoms in total. The molecule has 2 unspecified atom stereocenters. The van der Waals surface area contributed by atoms with E-state index in [1.165, 1.54) is 0 Å². The minimum Gasteiger partial charge on any atom is -0.394 e. The number of likely N-dealkylation sites (N-methyl/N-ethyl adjacent to an activating group) is 1. The van der Waals surface area contributed by atoms with E-state index in [2.05, 4.69) is 10.2 Å². The van der Waals surface area contributed by atoms with Crippen LogP contribution < -0.4 is 5.32 Å². The van der Waals surface area contributed by atoms with Crippen molar-refractivity contribution in [2.24, 2.45) is 0 Å². The second kappa shape index (κ2) is 5.80. The maximum atomic E-state index is 11.8. The van der Waals surface area contributed by atoms with Gasteiger partial charge in [0.25, 0.3) is 0 Å². The summed E-state index contributed by atoms with van der Waals surface area (Å²) in [5.74, 6) is 0.0295. The fourth-order valence-electron chi connectivity index (χ4n) is 2.22. The van der Waals surface area contributed by atoms with Crippen LogP contribution in [0.25, 0.3) is 0 Å². The van der Waals surface area contributed by atoms with Gasteiger partial charge < -0.3 is 15.2 Å². The number of morpholine rings is 1. The van der Waals surface area contributed by atoms with Crippen molar-refractivity contribution in [3.05, 3.63) is 0 Å². The van der Waals surface area contributed by atoms with Crippen molar-refractivity contribution in [3.8, 4) is 0 Å². The number of carbonyl (C=O) groups is 1. The highest BCUT2D eigenvalue weighted by atomic mass is 16.5. The Balaban J connectivity index is 2.66. The minimum absolute atomic E-state index is 0.0119. The van der Waals surface area contributed by atoms with Crippen LogP contribution in [0.15, 0.2) is 0 Å². The number of aliphatic hydroxyl groups is 1. The van der Waals surface area contributed by atoms with Crippen LogP contribution in [0.4, 0.5) is 0 Å². The number of hydrogen-bond acceptors (Lipinski definition) is 4. The lowest BCUT2D eigenvalue weighted by Gasteiger charge is -2.44. The molecule has 1 fully saturated rings. The predicted octanol–water partition coefficient (Wildman–Crippen LogP) is -0.0173. The largest absolute Gasteiger partial charge is 0.394 e. The van der Waals surface area contributed by atoms with Crippen LogP contribution in [0.1, 0.15) is 27.7 Å². The zero-order chi connectivity index (χ0) is 13.1. The van der Waals surface area contributed by atoms with Crippen LogP contribution in [0, 0.1) is 0 Å². The van der Waals surface area contributed by atoms with Gasteiger partial charge in [-0.25, -0.2) is 0 Å². The summed E-state index contributed by atoms with van der Waals surface area (Å²) in [6.45, 7) is 9.67. The molecule has 1 amide bonds. The van der Waals surface area contributed by atoms with E-state index < -0.39 is 0 Å². The van der Waals surface area contributed by atoms with Crippen LogP contribution in [0.5, 0.6) is 0 Å². The molecule has 1 heterocycles. The first kappa shape index (κ1) is 14.4. The number of nitrogens with zero attached hydrogens (tertiary/aromatic N) is 1. The SMILES string of the molecule is CCNC(=O)C(C)N1CC(CO)OC(C)(C)C1. The summed E-state index contributed by atoms with van der Waals surface area (Å²) >= 11 is 0. The van der Waals surface area contributed by atoms with Crippen molar-refractivity contribution >= 4 is 5.91 Å². The molecule has 1 rings (SSSR count). The zero-order valence-electron chi connectivity index (χ0n) is 11.2. The van der Waals surface area contributed by atoms with Crippen molar-refractivity contribution in [1.82, 2.24) is 10.2 Å². The highest BCUT2D eigenvalue weighted by Crippen LogP contribution is 2.22. The van der Waals surface area contributed by atoms with E-state index in [-0.39, 0.29) is 30.3 Å². The van der Waals surface area contributed by atoms with Gasteiger partial charge in [-0.05, 0) is 27.7 Å². The summed E-state index contributed by atoms with van der Waals surface area (Å²) in [4.78, 5) is 13.9. The van der Waals surface area contributed by atoms with E-state index in [1.807, 2.05) is 27.7 Å². The fourth-order valence-corrected chi connectivity index (χ4v) is 2.22. The summed E-state index contributed by atoms with van der Waals surface area (Å²) in [7, 11) is 0. The lowest BCUT2D eigenvalue weighted by molar-refractivity contribution is -0.161. The van der Waals surface area contributed by atoms with Gasteiger partial charge in [-0.1, -0.05) is 0 Å². The summed E-state index contributed by atoms with van der Waals surface area (Å²) in [6.07, 6.45) is -0.212. The first-order chi connectivity index (χ1) is 7.89. The van der Waals surface area contributed by atoms with Gasteiger partial charge in [-0.2, -0.15) is 0 Å². The van der Waals surface area contributed by atoms with Gasteiger partial charge >= 0.3 is 0 Å². The third kappa shape index (κ3) is 3.94. The highest BCUT2D eigenvalue weighted by Gasteiger charge is 2.36. The van der Waals surface area contributed by atoms with Gasteiger partial charge in [0.2, 0.25) is 5.91 Å². The zero-order valence-corrected chi connectivity index (χ0v) is 11.2. The molecule has 0 aromatic carbocycles. The first-order valence-corrected chi connectivity index (χ1v) is 6.20. The van der Waals surface area contributed by atoms with Gasteiger partial charge in [0.15, 0.2) is 0 Å². The van der Waals surface area contributed by atoms with Crippen molar-refractivity contribution in [1.29, 1.82) is 0 Å². The predicted molar refractivity (Wildman–Crippen MR) is 65.8 cm³/mol. The van der Waals surface area contributed by atoms with E-state index >= 15 is 0 Å². The Morgan fingerprint density at radius 2 is 2.29 bits per heavy atom. The number of rotatable bonds is 4. The molecule has 17 heavy (non-hydrogen) atoms. The molecule has 0 saturated carbocycles. The lowest BCUT2D eigenvalue weighted by atomic mass is 10.0. The third-order valence-corrected chi connectivity index (χ3v) is 2.99. The molecule has 0 aromatic rings. The minimum atomic E-state index is -0.327. The summed E-state index contributed by atoms with van der Waals surface area (Å²) in [6, 6.07) is -0.188. The van der Waals surface area contributed by atoms with Crippen LogP contribution in [-0.4, -0.2) is 59.9 Å². The quantitative estimate of drug-likeness (QED) is 0.730. The fraction of sp³-hybridized carbons (Fsp3) is 0.917. The van der Waals surface area contributed by atoms with Gasteiger partial charge in [0.1, 0.15) is 0 Å². The van der Waals surface area contributed by atoms with Crippen molar-refractivity contribution in [3.63, 3.8) is 0 Å². The Morgan fingerprint density at radius 1 is 1.65 bits per heavy atom. The van der Waals surface area contributed by atoms with Crippen LogP contribution >= 0.6 is 0 Å². The molecule has 2 N–H and O–H groups in total. The molecule has 1 aliphatic heterocycles. The normalized spacial score (nSPS) is 26.5. The highest BCUT2D eigenvalue weighted by molar-refractivity contribution is 5.81. The number of hydrogen-bond donors (Lipinski definition) is 2. The Labute approximate surface area is 103 Å². The van der Waals surface area contributed by atoms with Crippen molar-refractivity contribution in [2.75, 3.05) is 26.2 Å². The second-order valence-corrected chi connectivity index (χ2v) is 5.18. The third-order valence-electron chi connectivity index (χ3n) is 2.99. The number of amides is 1. The van der Waals surface area contributed by atoms with Crippen LogP contribution in [-0.2, 0) is 9.53 Å². The Bertz CT molecular complexity index is 268. The molecule has 0 aliphatic carbocycles. The smallest absolute Gasteiger partial charge is 0.237 e. The molecular formula is C12H24N2O3. The molecule has 100 valence electrons. The van der Waals surface area contributed by atoms with E-state index in [9.17, 15) is 9.90 Å². The number of ether oxygens (including phenoxy) is 1. The average molecular weight is 244 g/mol. The molecule has 0 radical (unpaired) electrons. The van der Waals surface area contributed by atoms with Crippen molar-refractivity contribution < 1.29 is 14.6 Å². The van der Waals surface area contributed by atoms with Crippen LogP contribution in [0.3, 0.4) is 0 Å². The number of aliphatic hydroxyl groups excluding tert-OH is 1. The van der Waals surface area contributed by atoms with E-state index in [0.29, 0.717) is 19.6 Å². The Kier molecular flexibility index (Phi) is 4.91. The lowest BCUT2D eigenvalue weighted by Crippen LogP contribution is -2.59. The summed E-state index contributed by atoms with van der Waals surface area (Å²) in [5.41, 5.74) is -0.327. The van der Waals surface area contributed by atoms with Gasteiger partial charge in [-0.15, -0.1) is 0 Å². The molecule has 5 heteroatoms. The molecule has 1 aliphatic rings. The molecule has 0 aromatic heterocycles. The van der Waals surface area contributed by atoms with Gasteiger partial charge in [0.05, 0.1) is 24.4 Å². The summed E-state index contributed by atoms with van der Waals surface area (Å²) < 4.78 is 5.72. The second-order valence-electron chi connectivity index (χ2n) is 5.18. The maximum Gasteiger partial charge on any atom is 0.237 e. The maximum absolute atomic E-state index is 11.8. The Morgan fingerprint density at radius 3 is 2.82 bits per heavy atom. The standard InChI is InChI=1S/C12H24N2O3/c1-5-13-11(16)9(2)14-6-10(7-15)17-12(3,4)8-14/h9-10,15H,5-8H2,1-4H3,(H,13,16). The summed E-state index contributed by atoms with van der Waals surface area (Å²) in [5, 5.41) is 12.0. The van der Waals surface area contributed by atoms with Gasteiger partial charge in [-0.3, -0.25) is 9.69 Å². The average Bonchev–Trinajstić information content (AvgIpc) is 2.26. The number of nitrogens with one attached hydrogen (secondary N) is 1. The van der Waals surface area contributed by atoms with E-state index in [4.69, 9.17) is 4.74 Å².